The standard InChI is InChI=1S/C27H31N5O2/c1-31-14-16-32(17-15-31)20-22-7-5-6-21(18-22)19-28-26(33)23-10-12-25(13-11-23)30-27(34)29-24-8-3-2-4-9-24/h2-13,18H,14-17,19-20H2,1H3,(H,28,33)(H2,29,30,34). The Balaban J connectivity index is 1.25. The average Bonchev–Trinajstić information content (AvgIpc) is 2.85. The van der Waals surface area contributed by atoms with Crippen LogP contribution in [0.15, 0.2) is 78.9 Å². The molecule has 3 aromatic rings. The van der Waals surface area contributed by atoms with Crippen LogP contribution < -0.4 is 16.0 Å². The second kappa shape index (κ2) is 11.4. The van der Waals surface area contributed by atoms with E-state index in [9.17, 15) is 9.59 Å². The smallest absolute Gasteiger partial charge is 0.323 e. The van der Waals surface area contributed by atoms with Crippen LogP contribution in [-0.4, -0.2) is 55.0 Å². The van der Waals surface area contributed by atoms with Crippen LogP contribution in [0, 0.1) is 0 Å². The third-order valence-electron chi connectivity index (χ3n) is 5.88. The maximum Gasteiger partial charge on any atom is 0.323 e. The van der Waals surface area contributed by atoms with Gasteiger partial charge in [-0.05, 0) is 54.6 Å². The highest BCUT2D eigenvalue weighted by Gasteiger charge is 2.14. The number of piperazine rings is 1. The van der Waals surface area contributed by atoms with Gasteiger partial charge in [-0.2, -0.15) is 0 Å². The number of nitrogens with one attached hydrogen (secondary N) is 3. The summed E-state index contributed by atoms with van der Waals surface area (Å²) in [6, 6.07) is 24.1. The molecule has 7 heteroatoms. The summed E-state index contributed by atoms with van der Waals surface area (Å²) in [5.41, 5.74) is 4.21. The lowest BCUT2D eigenvalue weighted by molar-refractivity contribution is 0.0951. The fourth-order valence-electron chi connectivity index (χ4n) is 3.91. The quantitative estimate of drug-likeness (QED) is 0.501. The van der Waals surface area contributed by atoms with Crippen molar-refractivity contribution in [2.75, 3.05) is 43.9 Å². The summed E-state index contributed by atoms with van der Waals surface area (Å²) in [5.74, 6) is -0.148. The SMILES string of the molecule is CN1CCN(Cc2cccc(CNC(=O)c3ccc(NC(=O)Nc4ccccc4)cc3)c2)CC1. The van der Waals surface area contributed by atoms with Crippen LogP contribution in [0.4, 0.5) is 16.2 Å². The number of nitrogens with zero attached hydrogens (tertiary/aromatic N) is 2. The predicted octanol–water partition coefficient (Wildman–Crippen LogP) is 4.01. The second-order valence-electron chi connectivity index (χ2n) is 8.60. The molecule has 1 fully saturated rings. The lowest BCUT2D eigenvalue weighted by atomic mass is 10.1. The summed E-state index contributed by atoms with van der Waals surface area (Å²) in [4.78, 5) is 29.5. The molecule has 176 valence electrons. The zero-order chi connectivity index (χ0) is 23.8. The fourth-order valence-corrected chi connectivity index (χ4v) is 3.91. The maximum absolute atomic E-state index is 12.6. The molecular weight excluding hydrogens is 426 g/mol. The van der Waals surface area contributed by atoms with Gasteiger partial charge in [-0.1, -0.05) is 42.5 Å². The number of benzene rings is 3. The summed E-state index contributed by atoms with van der Waals surface area (Å²) in [5, 5.41) is 8.52. The maximum atomic E-state index is 12.6. The molecule has 3 N–H and O–H groups in total. The van der Waals surface area contributed by atoms with Crippen molar-refractivity contribution in [3.05, 3.63) is 95.6 Å². The molecule has 0 spiro atoms. The first kappa shape index (κ1) is 23.5. The third-order valence-corrected chi connectivity index (χ3v) is 5.88. The van der Waals surface area contributed by atoms with Gasteiger partial charge < -0.3 is 20.9 Å². The first-order valence-corrected chi connectivity index (χ1v) is 11.6. The molecule has 3 amide bonds. The molecule has 4 rings (SSSR count). The number of hydrogen-bond acceptors (Lipinski definition) is 4. The van der Waals surface area contributed by atoms with Crippen molar-refractivity contribution in [3.63, 3.8) is 0 Å². The number of anilines is 2. The monoisotopic (exact) mass is 457 g/mol. The van der Waals surface area contributed by atoms with E-state index in [1.807, 2.05) is 42.5 Å². The molecule has 0 aliphatic carbocycles. The lowest BCUT2D eigenvalue weighted by Crippen LogP contribution is -2.43. The summed E-state index contributed by atoms with van der Waals surface area (Å²) >= 11 is 0. The normalized spacial score (nSPS) is 14.4. The number of para-hydroxylation sites is 1. The highest BCUT2D eigenvalue weighted by atomic mass is 16.2. The topological polar surface area (TPSA) is 76.7 Å². The molecule has 1 aliphatic rings. The van der Waals surface area contributed by atoms with E-state index >= 15 is 0 Å². The predicted molar refractivity (Wildman–Crippen MR) is 136 cm³/mol. The molecule has 0 bridgehead atoms. The van der Waals surface area contributed by atoms with Crippen LogP contribution in [-0.2, 0) is 13.1 Å². The van der Waals surface area contributed by atoms with Crippen LogP contribution in [0.3, 0.4) is 0 Å². The molecule has 1 aliphatic heterocycles. The molecule has 0 atom stereocenters. The van der Waals surface area contributed by atoms with Crippen LogP contribution in [0.2, 0.25) is 0 Å². The molecule has 0 unspecified atom stereocenters. The lowest BCUT2D eigenvalue weighted by Gasteiger charge is -2.32. The minimum atomic E-state index is -0.333. The Kier molecular flexibility index (Phi) is 7.91. The minimum Gasteiger partial charge on any atom is -0.348 e. The van der Waals surface area contributed by atoms with E-state index in [4.69, 9.17) is 0 Å². The Labute approximate surface area is 200 Å². The largest absolute Gasteiger partial charge is 0.348 e. The minimum absolute atomic E-state index is 0.148. The van der Waals surface area contributed by atoms with E-state index in [0.29, 0.717) is 23.5 Å². The summed E-state index contributed by atoms with van der Waals surface area (Å²) in [7, 11) is 2.16. The molecule has 1 saturated heterocycles. The van der Waals surface area contributed by atoms with Gasteiger partial charge >= 0.3 is 6.03 Å². The summed E-state index contributed by atoms with van der Waals surface area (Å²) in [6.45, 7) is 5.76. The second-order valence-corrected chi connectivity index (χ2v) is 8.60. The van der Waals surface area contributed by atoms with Gasteiger partial charge in [0.2, 0.25) is 0 Å². The van der Waals surface area contributed by atoms with Crippen molar-refractivity contribution in [2.24, 2.45) is 0 Å². The van der Waals surface area contributed by atoms with Crippen molar-refractivity contribution in [1.82, 2.24) is 15.1 Å². The molecule has 0 saturated carbocycles. The Morgan fingerprint density at radius 3 is 2.12 bits per heavy atom. The van der Waals surface area contributed by atoms with Crippen LogP contribution in [0.25, 0.3) is 0 Å². The van der Waals surface area contributed by atoms with E-state index in [0.717, 1.165) is 38.3 Å². The fraction of sp³-hybridized carbons (Fsp3) is 0.259. The van der Waals surface area contributed by atoms with Crippen molar-refractivity contribution in [1.29, 1.82) is 0 Å². The highest BCUT2D eigenvalue weighted by molar-refractivity contribution is 6.00. The van der Waals surface area contributed by atoms with Crippen LogP contribution >= 0.6 is 0 Å². The zero-order valence-electron chi connectivity index (χ0n) is 19.5. The first-order chi connectivity index (χ1) is 16.5. The van der Waals surface area contributed by atoms with Gasteiger partial charge in [-0.15, -0.1) is 0 Å². The molecule has 3 aromatic carbocycles. The average molecular weight is 458 g/mol. The summed E-state index contributed by atoms with van der Waals surface area (Å²) < 4.78 is 0. The molecule has 34 heavy (non-hydrogen) atoms. The van der Waals surface area contributed by atoms with Gasteiger partial charge in [0.15, 0.2) is 0 Å². The van der Waals surface area contributed by atoms with Crippen molar-refractivity contribution < 1.29 is 9.59 Å². The third kappa shape index (κ3) is 6.91. The Morgan fingerprint density at radius 2 is 1.41 bits per heavy atom. The van der Waals surface area contributed by atoms with Crippen LogP contribution in [0.1, 0.15) is 21.5 Å². The van der Waals surface area contributed by atoms with Gasteiger partial charge in [-0.25, -0.2) is 4.79 Å². The van der Waals surface area contributed by atoms with Crippen LogP contribution in [0.5, 0.6) is 0 Å². The number of likely N-dealkylation sites (N-methyl/N-ethyl adjacent to an activating group) is 1. The van der Waals surface area contributed by atoms with Crippen molar-refractivity contribution in [3.8, 4) is 0 Å². The van der Waals surface area contributed by atoms with E-state index in [2.05, 4.69) is 44.9 Å². The Morgan fingerprint density at radius 1 is 0.765 bits per heavy atom. The molecule has 0 radical (unpaired) electrons. The Bertz CT molecular complexity index is 1090. The summed E-state index contributed by atoms with van der Waals surface area (Å²) in [6.07, 6.45) is 0. The van der Waals surface area contributed by atoms with Gasteiger partial charge in [0.05, 0.1) is 0 Å². The first-order valence-electron chi connectivity index (χ1n) is 11.6. The molecule has 1 heterocycles. The molecule has 7 nitrogen and oxygen atoms in total. The highest BCUT2D eigenvalue weighted by Crippen LogP contribution is 2.13. The van der Waals surface area contributed by atoms with Gasteiger partial charge in [0, 0.05) is 56.2 Å². The Hall–Kier alpha value is -3.68. The number of hydrogen-bond donors (Lipinski definition) is 3. The van der Waals surface area contributed by atoms with Gasteiger partial charge in [-0.3, -0.25) is 9.69 Å². The number of urea groups is 1. The molecule has 0 aromatic heterocycles. The van der Waals surface area contributed by atoms with E-state index in [-0.39, 0.29) is 11.9 Å². The number of amides is 3. The number of rotatable bonds is 7. The van der Waals surface area contributed by atoms with Gasteiger partial charge in [0.1, 0.15) is 0 Å². The number of carbonyl (C=O) groups is 2. The van der Waals surface area contributed by atoms with Crippen molar-refractivity contribution in [2.45, 2.75) is 13.1 Å². The number of carbonyl (C=O) groups excluding carboxylic acids is 2. The van der Waals surface area contributed by atoms with E-state index in [1.54, 1.807) is 24.3 Å². The molecular formula is C27H31N5O2. The van der Waals surface area contributed by atoms with Gasteiger partial charge in [0.25, 0.3) is 5.91 Å². The van der Waals surface area contributed by atoms with Crippen molar-refractivity contribution >= 4 is 23.3 Å². The zero-order valence-corrected chi connectivity index (χ0v) is 19.5. The van der Waals surface area contributed by atoms with E-state index < -0.39 is 0 Å². The van der Waals surface area contributed by atoms with E-state index in [1.165, 1.54) is 5.56 Å².